The van der Waals surface area contributed by atoms with Gasteiger partial charge in [0.1, 0.15) is 17.4 Å². The third-order valence-electron chi connectivity index (χ3n) is 3.88. The number of hydrogen-bond donors (Lipinski definition) is 0. The molecule has 0 radical (unpaired) electrons. The Bertz CT molecular complexity index is 911. The number of ether oxygens (including phenoxy) is 2. The van der Waals surface area contributed by atoms with Gasteiger partial charge in [0, 0.05) is 25.1 Å². The van der Waals surface area contributed by atoms with Crippen molar-refractivity contribution in [3.05, 3.63) is 53.3 Å². The molecule has 0 fully saturated rings. The van der Waals surface area contributed by atoms with Gasteiger partial charge in [-0.1, -0.05) is 12.1 Å². The van der Waals surface area contributed by atoms with Gasteiger partial charge in [-0.15, -0.1) is 0 Å². The molecular weight excluding hydrogens is 292 g/mol. The summed E-state index contributed by atoms with van der Waals surface area (Å²) in [7, 11) is 0. The van der Waals surface area contributed by atoms with E-state index >= 15 is 0 Å². The van der Waals surface area contributed by atoms with E-state index < -0.39 is 0 Å². The second-order valence-corrected chi connectivity index (χ2v) is 5.33. The van der Waals surface area contributed by atoms with E-state index in [1.807, 2.05) is 6.07 Å². The third kappa shape index (κ3) is 2.46. The van der Waals surface area contributed by atoms with Crippen molar-refractivity contribution in [2.75, 3.05) is 13.2 Å². The number of rotatable bonds is 4. The number of benzene rings is 1. The Labute approximate surface area is 132 Å². The second kappa shape index (κ2) is 5.61. The highest BCUT2D eigenvalue weighted by molar-refractivity contribution is 5.54. The van der Waals surface area contributed by atoms with E-state index in [-0.39, 0.29) is 0 Å². The number of nitrogens with zero attached hydrogens (tertiary/aromatic N) is 4. The van der Waals surface area contributed by atoms with Crippen molar-refractivity contribution in [1.82, 2.24) is 14.6 Å². The van der Waals surface area contributed by atoms with Crippen molar-refractivity contribution in [3.63, 3.8) is 0 Å². The summed E-state index contributed by atoms with van der Waals surface area (Å²) in [5.41, 5.74) is 3.44. The molecule has 6 nitrogen and oxygen atoms in total. The minimum Gasteiger partial charge on any atom is -0.493 e. The molecule has 2 aromatic heterocycles. The van der Waals surface area contributed by atoms with Gasteiger partial charge < -0.3 is 9.47 Å². The van der Waals surface area contributed by atoms with E-state index in [9.17, 15) is 0 Å². The maximum atomic E-state index is 9.02. The van der Waals surface area contributed by atoms with E-state index in [0.29, 0.717) is 23.7 Å². The maximum absolute atomic E-state index is 9.02. The lowest BCUT2D eigenvalue weighted by Crippen LogP contribution is -2.06. The van der Waals surface area contributed by atoms with E-state index in [0.717, 1.165) is 25.2 Å². The summed E-state index contributed by atoms with van der Waals surface area (Å²) in [6.07, 6.45) is 4.89. The molecule has 1 aliphatic heterocycles. The van der Waals surface area contributed by atoms with Crippen LogP contribution in [0.25, 0.3) is 5.65 Å². The molecule has 0 amide bonds. The molecule has 114 valence electrons. The predicted molar refractivity (Wildman–Crippen MR) is 82.5 cm³/mol. The molecule has 4 rings (SSSR count). The van der Waals surface area contributed by atoms with E-state index in [1.54, 1.807) is 16.8 Å². The summed E-state index contributed by atoms with van der Waals surface area (Å²) < 4.78 is 12.9. The van der Waals surface area contributed by atoms with Crippen LogP contribution in [0.1, 0.15) is 16.7 Å². The first kappa shape index (κ1) is 13.6. The summed E-state index contributed by atoms with van der Waals surface area (Å²) in [5.74, 6) is 1.58. The van der Waals surface area contributed by atoms with Crippen molar-refractivity contribution in [2.45, 2.75) is 12.8 Å². The number of aromatic nitrogens is 3. The first-order valence-electron chi connectivity index (χ1n) is 7.45. The monoisotopic (exact) mass is 306 g/mol. The highest BCUT2D eigenvalue weighted by Crippen LogP contribution is 2.26. The van der Waals surface area contributed by atoms with Gasteiger partial charge in [-0.2, -0.15) is 14.9 Å². The SMILES string of the molecule is N#Cc1cnn2c(OCCc3ccc4c(c3)CCO4)ccnc12. The van der Waals surface area contributed by atoms with Gasteiger partial charge in [0.2, 0.25) is 5.88 Å². The Morgan fingerprint density at radius 3 is 3.22 bits per heavy atom. The van der Waals surface area contributed by atoms with Gasteiger partial charge in [-0.05, 0) is 17.2 Å². The standard InChI is InChI=1S/C17H14N4O2/c18-10-14-11-20-21-16(3-6-19-17(14)21)23-7-4-12-1-2-15-13(9-12)5-8-22-15/h1-3,6,9,11H,4-5,7-8H2. The Balaban J connectivity index is 1.47. The summed E-state index contributed by atoms with van der Waals surface area (Å²) >= 11 is 0. The fourth-order valence-electron chi connectivity index (χ4n) is 2.73. The minimum absolute atomic E-state index is 0.439. The Hall–Kier alpha value is -3.07. The fraction of sp³-hybridized carbons (Fsp3) is 0.235. The molecule has 0 atom stereocenters. The molecule has 0 unspecified atom stereocenters. The molecule has 0 spiro atoms. The van der Waals surface area contributed by atoms with Crippen LogP contribution in [0.4, 0.5) is 0 Å². The fourth-order valence-corrected chi connectivity index (χ4v) is 2.73. The third-order valence-corrected chi connectivity index (χ3v) is 3.88. The summed E-state index contributed by atoms with van der Waals surface area (Å²) in [4.78, 5) is 4.16. The van der Waals surface area contributed by atoms with Crippen molar-refractivity contribution in [2.24, 2.45) is 0 Å². The highest BCUT2D eigenvalue weighted by atomic mass is 16.5. The van der Waals surface area contributed by atoms with Crippen LogP contribution in [0.3, 0.4) is 0 Å². The van der Waals surface area contributed by atoms with Crippen LogP contribution < -0.4 is 9.47 Å². The first-order chi connectivity index (χ1) is 11.3. The van der Waals surface area contributed by atoms with E-state index in [1.165, 1.54) is 17.3 Å². The summed E-state index contributed by atoms with van der Waals surface area (Å²) in [6, 6.07) is 10.1. The molecule has 0 saturated heterocycles. The molecular formula is C17H14N4O2. The smallest absolute Gasteiger partial charge is 0.218 e. The van der Waals surface area contributed by atoms with Crippen LogP contribution in [-0.4, -0.2) is 27.8 Å². The van der Waals surface area contributed by atoms with Crippen molar-refractivity contribution < 1.29 is 9.47 Å². The van der Waals surface area contributed by atoms with Gasteiger partial charge in [0.25, 0.3) is 0 Å². The topological polar surface area (TPSA) is 72.4 Å². The van der Waals surface area contributed by atoms with Crippen LogP contribution in [0.15, 0.2) is 36.7 Å². The zero-order valence-electron chi connectivity index (χ0n) is 12.4. The normalized spacial score (nSPS) is 12.7. The maximum Gasteiger partial charge on any atom is 0.218 e. The van der Waals surface area contributed by atoms with Gasteiger partial charge in [-0.3, -0.25) is 0 Å². The van der Waals surface area contributed by atoms with Crippen LogP contribution in [0, 0.1) is 11.3 Å². The quantitative estimate of drug-likeness (QED) is 0.738. The van der Waals surface area contributed by atoms with Gasteiger partial charge in [0.15, 0.2) is 5.65 Å². The lowest BCUT2D eigenvalue weighted by atomic mass is 10.1. The second-order valence-electron chi connectivity index (χ2n) is 5.33. The van der Waals surface area contributed by atoms with Crippen LogP contribution in [0.2, 0.25) is 0 Å². The van der Waals surface area contributed by atoms with Gasteiger partial charge in [0.05, 0.1) is 19.4 Å². The van der Waals surface area contributed by atoms with Gasteiger partial charge >= 0.3 is 0 Å². The van der Waals surface area contributed by atoms with Crippen LogP contribution >= 0.6 is 0 Å². The van der Waals surface area contributed by atoms with Crippen molar-refractivity contribution in [1.29, 1.82) is 5.26 Å². The molecule has 0 aliphatic carbocycles. The molecule has 0 bridgehead atoms. The van der Waals surface area contributed by atoms with Gasteiger partial charge in [-0.25, -0.2) is 4.98 Å². The zero-order chi connectivity index (χ0) is 15.6. The zero-order valence-corrected chi connectivity index (χ0v) is 12.4. The summed E-state index contributed by atoms with van der Waals surface area (Å²) in [6.45, 7) is 1.30. The molecule has 6 heteroatoms. The Kier molecular flexibility index (Phi) is 3.31. The molecule has 1 aromatic carbocycles. The number of hydrogen-bond acceptors (Lipinski definition) is 5. The van der Waals surface area contributed by atoms with Crippen LogP contribution in [0.5, 0.6) is 11.6 Å². The number of fused-ring (bicyclic) bond motifs is 2. The Morgan fingerprint density at radius 1 is 1.35 bits per heavy atom. The molecule has 1 aliphatic rings. The average Bonchev–Trinajstić information content (AvgIpc) is 3.21. The molecule has 23 heavy (non-hydrogen) atoms. The van der Waals surface area contributed by atoms with Crippen molar-refractivity contribution in [3.8, 4) is 17.7 Å². The molecule has 0 N–H and O–H groups in total. The molecule has 3 heterocycles. The first-order valence-corrected chi connectivity index (χ1v) is 7.45. The predicted octanol–water partition coefficient (Wildman–Crippen LogP) is 2.16. The average molecular weight is 306 g/mol. The van der Waals surface area contributed by atoms with Crippen molar-refractivity contribution >= 4 is 5.65 Å². The summed E-state index contributed by atoms with van der Waals surface area (Å²) in [5, 5.41) is 13.2. The minimum atomic E-state index is 0.439. The molecule has 3 aromatic rings. The highest BCUT2D eigenvalue weighted by Gasteiger charge is 2.12. The lowest BCUT2D eigenvalue weighted by molar-refractivity contribution is 0.301. The Morgan fingerprint density at radius 2 is 2.30 bits per heavy atom. The van der Waals surface area contributed by atoms with E-state index in [4.69, 9.17) is 14.7 Å². The van der Waals surface area contributed by atoms with Crippen LogP contribution in [-0.2, 0) is 12.8 Å². The molecule has 0 saturated carbocycles. The lowest BCUT2D eigenvalue weighted by Gasteiger charge is -2.08. The number of nitriles is 1. The van der Waals surface area contributed by atoms with E-state index in [2.05, 4.69) is 28.3 Å². The largest absolute Gasteiger partial charge is 0.493 e.